The van der Waals surface area contributed by atoms with Gasteiger partial charge in [-0.1, -0.05) is 6.07 Å². The summed E-state index contributed by atoms with van der Waals surface area (Å²) in [6.45, 7) is 4.14. The van der Waals surface area contributed by atoms with Crippen molar-refractivity contribution in [2.75, 3.05) is 20.8 Å². The first-order chi connectivity index (χ1) is 9.06. The fourth-order valence-corrected chi connectivity index (χ4v) is 1.60. The first-order valence-corrected chi connectivity index (χ1v) is 6.22. The number of amides is 1. The van der Waals surface area contributed by atoms with E-state index >= 15 is 0 Å². The second-order valence-electron chi connectivity index (χ2n) is 4.32. The maximum atomic E-state index is 11.3. The predicted octanol–water partition coefficient (Wildman–Crippen LogP) is 2.38. The molecule has 0 radical (unpaired) electrons. The molecule has 0 aliphatic carbocycles. The first-order valence-electron chi connectivity index (χ1n) is 6.22. The van der Waals surface area contributed by atoms with Gasteiger partial charge in [-0.25, -0.2) is 4.79 Å². The molecule has 0 heterocycles. The Labute approximate surface area is 113 Å². The molecule has 0 aromatic heterocycles. The Morgan fingerprint density at radius 3 is 2.47 bits per heavy atom. The molecular formula is C14H21NO4. The Hall–Kier alpha value is -1.91. The first kappa shape index (κ1) is 15.1. The maximum absolute atomic E-state index is 11.3. The SMILES string of the molecule is COc1ccc(CCNC(=O)OC(C)C)cc1OC. The van der Waals surface area contributed by atoms with E-state index in [9.17, 15) is 4.79 Å². The number of carbonyl (C=O) groups excluding carboxylic acids is 1. The Kier molecular flexibility index (Phi) is 5.99. The fourth-order valence-electron chi connectivity index (χ4n) is 1.60. The lowest BCUT2D eigenvalue weighted by atomic mass is 10.1. The second-order valence-corrected chi connectivity index (χ2v) is 4.32. The number of alkyl carbamates (subject to hydrolysis) is 1. The van der Waals surface area contributed by atoms with Crippen molar-refractivity contribution in [3.8, 4) is 11.5 Å². The molecular weight excluding hydrogens is 246 g/mol. The normalized spacial score (nSPS) is 10.2. The Balaban J connectivity index is 2.47. The van der Waals surface area contributed by atoms with Crippen LogP contribution in [0.1, 0.15) is 19.4 Å². The standard InChI is InChI=1S/C14H21NO4/c1-10(2)19-14(16)15-8-7-11-5-6-12(17-3)13(9-11)18-4/h5-6,9-10H,7-8H2,1-4H3,(H,15,16). The average molecular weight is 267 g/mol. The number of rotatable bonds is 6. The number of ether oxygens (including phenoxy) is 3. The molecule has 1 aromatic rings. The van der Waals surface area contributed by atoms with E-state index in [0.29, 0.717) is 24.5 Å². The van der Waals surface area contributed by atoms with Gasteiger partial charge in [0.2, 0.25) is 0 Å². The molecule has 0 bridgehead atoms. The summed E-state index contributed by atoms with van der Waals surface area (Å²) in [4.78, 5) is 11.3. The van der Waals surface area contributed by atoms with Gasteiger partial charge in [-0.05, 0) is 38.0 Å². The van der Waals surface area contributed by atoms with Crippen LogP contribution in [-0.4, -0.2) is 33.0 Å². The predicted molar refractivity (Wildman–Crippen MR) is 72.9 cm³/mol. The molecule has 19 heavy (non-hydrogen) atoms. The van der Waals surface area contributed by atoms with Gasteiger partial charge in [0, 0.05) is 6.54 Å². The lowest BCUT2D eigenvalue weighted by molar-refractivity contribution is 0.116. The van der Waals surface area contributed by atoms with Gasteiger partial charge in [0.15, 0.2) is 11.5 Å². The van der Waals surface area contributed by atoms with Crippen molar-refractivity contribution in [1.82, 2.24) is 5.32 Å². The molecule has 0 saturated carbocycles. The number of nitrogens with one attached hydrogen (secondary N) is 1. The molecule has 1 rings (SSSR count). The van der Waals surface area contributed by atoms with Crippen LogP contribution in [-0.2, 0) is 11.2 Å². The van der Waals surface area contributed by atoms with Gasteiger partial charge in [0.1, 0.15) is 0 Å². The molecule has 0 aliphatic rings. The van der Waals surface area contributed by atoms with Gasteiger partial charge < -0.3 is 19.5 Å². The van der Waals surface area contributed by atoms with E-state index in [1.807, 2.05) is 32.0 Å². The lowest BCUT2D eigenvalue weighted by Gasteiger charge is -2.11. The van der Waals surface area contributed by atoms with Crippen LogP contribution in [0.2, 0.25) is 0 Å². The van der Waals surface area contributed by atoms with E-state index in [1.165, 1.54) is 0 Å². The third-order valence-electron chi connectivity index (χ3n) is 2.47. The molecule has 0 unspecified atom stereocenters. The summed E-state index contributed by atoms with van der Waals surface area (Å²) < 4.78 is 15.4. The zero-order chi connectivity index (χ0) is 14.3. The summed E-state index contributed by atoms with van der Waals surface area (Å²) in [6.07, 6.45) is 0.199. The molecule has 0 aliphatic heterocycles. The van der Waals surface area contributed by atoms with Crippen LogP contribution in [0.4, 0.5) is 4.79 Å². The van der Waals surface area contributed by atoms with Gasteiger partial charge in [-0.2, -0.15) is 0 Å². The van der Waals surface area contributed by atoms with Crippen molar-refractivity contribution in [3.63, 3.8) is 0 Å². The summed E-state index contributed by atoms with van der Waals surface area (Å²) in [5.41, 5.74) is 1.06. The van der Waals surface area contributed by atoms with Crippen LogP contribution >= 0.6 is 0 Å². The number of benzene rings is 1. The van der Waals surface area contributed by atoms with E-state index in [-0.39, 0.29) is 6.10 Å². The quantitative estimate of drug-likeness (QED) is 0.859. The van der Waals surface area contributed by atoms with Crippen LogP contribution in [0.25, 0.3) is 0 Å². The minimum Gasteiger partial charge on any atom is -0.493 e. The topological polar surface area (TPSA) is 56.8 Å². The lowest BCUT2D eigenvalue weighted by Crippen LogP contribution is -2.28. The van der Waals surface area contributed by atoms with E-state index < -0.39 is 6.09 Å². The highest BCUT2D eigenvalue weighted by Crippen LogP contribution is 2.27. The molecule has 0 atom stereocenters. The minimum atomic E-state index is -0.393. The van der Waals surface area contributed by atoms with Crippen LogP contribution in [0.15, 0.2) is 18.2 Å². The summed E-state index contributed by atoms with van der Waals surface area (Å²) in [7, 11) is 3.20. The van der Waals surface area contributed by atoms with Gasteiger partial charge in [0.05, 0.1) is 20.3 Å². The molecule has 1 N–H and O–H groups in total. The van der Waals surface area contributed by atoms with Crippen molar-refractivity contribution >= 4 is 6.09 Å². The largest absolute Gasteiger partial charge is 0.493 e. The van der Waals surface area contributed by atoms with Crippen molar-refractivity contribution in [2.24, 2.45) is 0 Å². The average Bonchev–Trinajstić information content (AvgIpc) is 2.37. The molecule has 0 fully saturated rings. The van der Waals surface area contributed by atoms with Crippen molar-refractivity contribution < 1.29 is 19.0 Å². The highest BCUT2D eigenvalue weighted by Gasteiger charge is 2.06. The Bertz CT molecular complexity index is 418. The second kappa shape index (κ2) is 7.51. The van der Waals surface area contributed by atoms with Crippen molar-refractivity contribution in [2.45, 2.75) is 26.4 Å². The molecule has 1 amide bonds. The maximum Gasteiger partial charge on any atom is 0.407 e. The van der Waals surface area contributed by atoms with Crippen LogP contribution in [0.5, 0.6) is 11.5 Å². The van der Waals surface area contributed by atoms with Crippen molar-refractivity contribution in [1.29, 1.82) is 0 Å². The van der Waals surface area contributed by atoms with Gasteiger partial charge in [-0.15, -0.1) is 0 Å². The highest BCUT2D eigenvalue weighted by atomic mass is 16.6. The third-order valence-corrected chi connectivity index (χ3v) is 2.47. The highest BCUT2D eigenvalue weighted by molar-refractivity contribution is 5.67. The molecule has 0 spiro atoms. The number of hydrogen-bond donors (Lipinski definition) is 1. The van der Waals surface area contributed by atoms with E-state index in [4.69, 9.17) is 14.2 Å². The van der Waals surface area contributed by atoms with Crippen molar-refractivity contribution in [3.05, 3.63) is 23.8 Å². The minimum absolute atomic E-state index is 0.110. The Morgan fingerprint density at radius 2 is 1.89 bits per heavy atom. The Morgan fingerprint density at radius 1 is 1.21 bits per heavy atom. The molecule has 1 aromatic carbocycles. The van der Waals surface area contributed by atoms with Gasteiger partial charge >= 0.3 is 6.09 Å². The third kappa shape index (κ3) is 5.07. The van der Waals surface area contributed by atoms with E-state index in [1.54, 1.807) is 14.2 Å². The van der Waals surface area contributed by atoms with E-state index in [0.717, 1.165) is 5.56 Å². The fraction of sp³-hybridized carbons (Fsp3) is 0.500. The summed E-state index contributed by atoms with van der Waals surface area (Å²) >= 11 is 0. The number of methoxy groups -OCH3 is 2. The smallest absolute Gasteiger partial charge is 0.407 e. The number of hydrogen-bond acceptors (Lipinski definition) is 4. The molecule has 0 saturated heterocycles. The number of carbonyl (C=O) groups is 1. The summed E-state index contributed by atoms with van der Waals surface area (Å²) in [6, 6.07) is 5.69. The van der Waals surface area contributed by atoms with Crippen LogP contribution in [0.3, 0.4) is 0 Å². The summed E-state index contributed by atoms with van der Waals surface area (Å²) in [5.74, 6) is 1.38. The zero-order valence-electron chi connectivity index (χ0n) is 11.9. The van der Waals surface area contributed by atoms with Crippen LogP contribution < -0.4 is 14.8 Å². The van der Waals surface area contributed by atoms with Gasteiger partial charge in [-0.3, -0.25) is 0 Å². The van der Waals surface area contributed by atoms with E-state index in [2.05, 4.69) is 5.32 Å². The molecule has 106 valence electrons. The summed E-state index contributed by atoms with van der Waals surface area (Å²) in [5, 5.41) is 2.70. The monoisotopic (exact) mass is 267 g/mol. The van der Waals surface area contributed by atoms with Gasteiger partial charge in [0.25, 0.3) is 0 Å². The van der Waals surface area contributed by atoms with Crippen LogP contribution in [0, 0.1) is 0 Å². The zero-order valence-corrected chi connectivity index (χ0v) is 11.9. The molecule has 5 heteroatoms. The molecule has 5 nitrogen and oxygen atoms in total.